The monoisotopic (exact) mass is 266 g/mol. The third-order valence-corrected chi connectivity index (χ3v) is 3.18. The highest BCUT2D eigenvalue weighted by atomic mass is 16.5. The Morgan fingerprint density at radius 2 is 2.05 bits per heavy atom. The fourth-order valence-electron chi connectivity index (χ4n) is 1.88. The van der Waals surface area contributed by atoms with Gasteiger partial charge in [-0.1, -0.05) is 12.1 Å². The Kier molecular flexibility index (Phi) is 6.32. The van der Waals surface area contributed by atoms with E-state index < -0.39 is 0 Å². The molecule has 106 valence electrons. The molecule has 19 heavy (non-hydrogen) atoms. The van der Waals surface area contributed by atoms with E-state index in [1.54, 1.807) is 14.2 Å². The molecule has 2 N–H and O–H groups in total. The summed E-state index contributed by atoms with van der Waals surface area (Å²) in [6.45, 7) is 0.605. The molecular formula is C14H22N2O3. The van der Waals surface area contributed by atoms with E-state index in [0.29, 0.717) is 13.0 Å². The van der Waals surface area contributed by atoms with Crippen LogP contribution in [0.5, 0.6) is 5.75 Å². The molecule has 1 amide bonds. The zero-order valence-electron chi connectivity index (χ0n) is 11.7. The molecule has 0 heterocycles. The fourth-order valence-corrected chi connectivity index (χ4v) is 1.88. The second-order valence-electron chi connectivity index (χ2n) is 4.38. The molecular weight excluding hydrogens is 244 g/mol. The molecule has 5 nitrogen and oxygen atoms in total. The number of nitrogens with zero attached hydrogens (tertiary/aromatic N) is 1. The van der Waals surface area contributed by atoms with Gasteiger partial charge in [0.15, 0.2) is 0 Å². The molecule has 0 saturated carbocycles. The molecule has 0 aliphatic heterocycles. The van der Waals surface area contributed by atoms with Crippen LogP contribution in [0.3, 0.4) is 0 Å². The number of methoxy groups -OCH3 is 1. The molecule has 0 aliphatic carbocycles. The number of carbonyl (C=O) groups is 1. The minimum atomic E-state index is -0.115. The van der Waals surface area contributed by atoms with E-state index in [9.17, 15) is 9.90 Å². The lowest BCUT2D eigenvalue weighted by molar-refractivity contribution is -0.121. The van der Waals surface area contributed by atoms with Gasteiger partial charge in [0.1, 0.15) is 5.75 Å². The van der Waals surface area contributed by atoms with Crippen molar-refractivity contribution in [3.8, 4) is 5.75 Å². The van der Waals surface area contributed by atoms with Crippen molar-refractivity contribution in [1.29, 1.82) is 0 Å². The molecule has 0 radical (unpaired) electrons. The summed E-state index contributed by atoms with van der Waals surface area (Å²) in [5.74, 6) is 0.784. The van der Waals surface area contributed by atoms with Crippen molar-refractivity contribution in [2.45, 2.75) is 12.5 Å². The number of likely N-dealkylation sites (N-methyl/N-ethyl adjacent to an activating group) is 1. The van der Waals surface area contributed by atoms with Crippen LogP contribution in [0.2, 0.25) is 0 Å². The molecule has 0 aliphatic rings. The molecule has 1 atom stereocenters. The van der Waals surface area contributed by atoms with E-state index in [1.807, 2.05) is 36.2 Å². The number of hydrogen-bond donors (Lipinski definition) is 2. The van der Waals surface area contributed by atoms with Crippen molar-refractivity contribution in [1.82, 2.24) is 10.2 Å². The number of nitrogens with one attached hydrogen (secondary N) is 1. The molecule has 1 aromatic carbocycles. The Morgan fingerprint density at radius 1 is 1.42 bits per heavy atom. The van der Waals surface area contributed by atoms with Crippen LogP contribution in [0.25, 0.3) is 0 Å². The summed E-state index contributed by atoms with van der Waals surface area (Å²) in [6.07, 6.45) is 0.416. The molecule has 1 rings (SSSR count). The maximum absolute atomic E-state index is 11.2. The predicted molar refractivity (Wildman–Crippen MR) is 74.1 cm³/mol. The lowest BCUT2D eigenvalue weighted by atomic mass is 10.1. The zero-order chi connectivity index (χ0) is 14.3. The van der Waals surface area contributed by atoms with Crippen LogP contribution >= 0.6 is 0 Å². The number of hydrogen-bond acceptors (Lipinski definition) is 4. The molecule has 1 aromatic rings. The van der Waals surface area contributed by atoms with Gasteiger partial charge in [-0.3, -0.25) is 9.69 Å². The maximum atomic E-state index is 11.2. The van der Waals surface area contributed by atoms with Gasteiger partial charge in [-0.15, -0.1) is 0 Å². The Hall–Kier alpha value is -1.59. The Morgan fingerprint density at radius 3 is 2.53 bits per heavy atom. The summed E-state index contributed by atoms with van der Waals surface area (Å²) in [5, 5.41) is 12.1. The van der Waals surface area contributed by atoms with Crippen molar-refractivity contribution >= 4 is 5.91 Å². The maximum Gasteiger partial charge on any atom is 0.221 e. The molecule has 1 unspecified atom stereocenters. The first-order chi connectivity index (χ1) is 9.12. The third kappa shape index (κ3) is 4.54. The van der Waals surface area contributed by atoms with Crippen molar-refractivity contribution in [2.24, 2.45) is 0 Å². The minimum Gasteiger partial charge on any atom is -0.497 e. The average Bonchev–Trinajstić information content (AvgIpc) is 2.46. The molecule has 0 bridgehead atoms. The van der Waals surface area contributed by atoms with Gasteiger partial charge in [0.25, 0.3) is 0 Å². The summed E-state index contributed by atoms with van der Waals surface area (Å²) in [5.41, 5.74) is 1.00. The van der Waals surface area contributed by atoms with Gasteiger partial charge in [-0.2, -0.15) is 0 Å². The van der Waals surface area contributed by atoms with Crippen LogP contribution in [0.15, 0.2) is 24.3 Å². The number of amides is 1. The van der Waals surface area contributed by atoms with Gasteiger partial charge in [0.05, 0.1) is 19.8 Å². The van der Waals surface area contributed by atoms with Crippen LogP contribution in [-0.4, -0.2) is 50.3 Å². The van der Waals surface area contributed by atoms with Crippen LogP contribution in [0.4, 0.5) is 0 Å². The molecule has 0 saturated heterocycles. The van der Waals surface area contributed by atoms with E-state index in [1.165, 1.54) is 0 Å². The summed E-state index contributed by atoms with van der Waals surface area (Å²) in [4.78, 5) is 13.2. The van der Waals surface area contributed by atoms with Crippen LogP contribution in [0.1, 0.15) is 18.0 Å². The SMILES string of the molecule is CNC(=O)CCN(C)C(CO)c1ccc(OC)cc1. The predicted octanol–water partition coefficient (Wildman–Crippen LogP) is 0.797. The van der Waals surface area contributed by atoms with E-state index in [-0.39, 0.29) is 18.6 Å². The van der Waals surface area contributed by atoms with Gasteiger partial charge in [0.2, 0.25) is 5.91 Å². The second-order valence-corrected chi connectivity index (χ2v) is 4.38. The first kappa shape index (κ1) is 15.5. The lowest BCUT2D eigenvalue weighted by Crippen LogP contribution is -2.31. The first-order valence-corrected chi connectivity index (χ1v) is 6.28. The van der Waals surface area contributed by atoms with E-state index >= 15 is 0 Å². The Labute approximate surface area is 114 Å². The van der Waals surface area contributed by atoms with E-state index in [4.69, 9.17) is 4.74 Å². The van der Waals surface area contributed by atoms with Crippen LogP contribution < -0.4 is 10.1 Å². The van der Waals surface area contributed by atoms with Crippen LogP contribution in [-0.2, 0) is 4.79 Å². The van der Waals surface area contributed by atoms with Crippen molar-refractivity contribution in [2.75, 3.05) is 34.4 Å². The number of aliphatic hydroxyl groups is 1. The normalized spacial score (nSPS) is 12.3. The molecule has 0 fully saturated rings. The van der Waals surface area contributed by atoms with Gasteiger partial charge >= 0.3 is 0 Å². The largest absolute Gasteiger partial charge is 0.497 e. The van der Waals surface area contributed by atoms with Gasteiger partial charge in [-0.25, -0.2) is 0 Å². The fraction of sp³-hybridized carbons (Fsp3) is 0.500. The summed E-state index contributed by atoms with van der Waals surface area (Å²) in [6, 6.07) is 7.47. The molecule has 5 heteroatoms. The van der Waals surface area contributed by atoms with E-state index in [0.717, 1.165) is 11.3 Å². The quantitative estimate of drug-likeness (QED) is 0.766. The van der Waals surface area contributed by atoms with Gasteiger partial charge in [-0.05, 0) is 24.7 Å². The summed E-state index contributed by atoms with van der Waals surface area (Å²) >= 11 is 0. The third-order valence-electron chi connectivity index (χ3n) is 3.18. The number of benzene rings is 1. The number of aliphatic hydroxyl groups excluding tert-OH is 1. The van der Waals surface area contributed by atoms with Gasteiger partial charge in [0, 0.05) is 20.0 Å². The Balaban J connectivity index is 2.67. The highest BCUT2D eigenvalue weighted by Crippen LogP contribution is 2.21. The number of carbonyl (C=O) groups excluding carboxylic acids is 1. The van der Waals surface area contributed by atoms with E-state index in [2.05, 4.69) is 5.32 Å². The molecule has 0 spiro atoms. The van der Waals surface area contributed by atoms with Gasteiger partial charge < -0.3 is 15.2 Å². The minimum absolute atomic E-state index is 0.00160. The first-order valence-electron chi connectivity index (χ1n) is 6.28. The van der Waals surface area contributed by atoms with Crippen LogP contribution in [0, 0.1) is 0 Å². The molecule has 0 aromatic heterocycles. The summed E-state index contributed by atoms with van der Waals surface area (Å²) in [7, 11) is 5.14. The smallest absolute Gasteiger partial charge is 0.221 e. The van der Waals surface area contributed by atoms with Crippen molar-refractivity contribution < 1.29 is 14.6 Å². The van der Waals surface area contributed by atoms with Crippen molar-refractivity contribution in [3.63, 3.8) is 0 Å². The summed E-state index contributed by atoms with van der Waals surface area (Å²) < 4.78 is 5.11. The standard InChI is InChI=1S/C14H22N2O3/c1-15-14(18)8-9-16(2)13(10-17)11-4-6-12(19-3)7-5-11/h4-7,13,17H,8-10H2,1-3H3,(H,15,18). The zero-order valence-corrected chi connectivity index (χ0v) is 11.7. The topological polar surface area (TPSA) is 61.8 Å². The number of rotatable bonds is 7. The highest BCUT2D eigenvalue weighted by molar-refractivity contribution is 5.75. The highest BCUT2D eigenvalue weighted by Gasteiger charge is 2.16. The Bertz CT molecular complexity index is 392. The lowest BCUT2D eigenvalue weighted by Gasteiger charge is -2.26. The average molecular weight is 266 g/mol. The van der Waals surface area contributed by atoms with Crippen molar-refractivity contribution in [3.05, 3.63) is 29.8 Å². The second kappa shape index (κ2) is 7.76. The number of ether oxygens (including phenoxy) is 1.